The van der Waals surface area contributed by atoms with Crippen LogP contribution in [0.25, 0.3) is 0 Å². The van der Waals surface area contributed by atoms with Crippen molar-refractivity contribution in [3.05, 3.63) is 29.8 Å². The quantitative estimate of drug-likeness (QED) is 0.891. The summed E-state index contributed by atoms with van der Waals surface area (Å²) >= 11 is 0. The molecule has 4 atom stereocenters. The topological polar surface area (TPSA) is 35.2 Å². The maximum absolute atomic E-state index is 6.34. The molecule has 0 radical (unpaired) electrons. The standard InChI is InChI=1S/C18H27NO/c1-12(19)13-5-7-15(8-6-13)20-16-11-14-9-10-18(16,4)17(14,2)3/h5-8,12,14,16H,9-11,19H2,1-4H3. The molecule has 2 bridgehead atoms. The first-order valence-electron chi connectivity index (χ1n) is 7.87. The highest BCUT2D eigenvalue weighted by molar-refractivity contribution is 5.29. The highest BCUT2D eigenvalue weighted by atomic mass is 16.5. The van der Waals surface area contributed by atoms with Gasteiger partial charge in [-0.05, 0) is 55.2 Å². The van der Waals surface area contributed by atoms with E-state index >= 15 is 0 Å². The molecule has 2 aliphatic rings. The van der Waals surface area contributed by atoms with Crippen molar-refractivity contribution >= 4 is 0 Å². The van der Waals surface area contributed by atoms with Crippen molar-refractivity contribution in [2.24, 2.45) is 22.5 Å². The monoisotopic (exact) mass is 273 g/mol. The lowest BCUT2D eigenvalue weighted by Gasteiger charge is -2.38. The maximum atomic E-state index is 6.34. The molecule has 2 nitrogen and oxygen atoms in total. The first kappa shape index (κ1) is 13.9. The Kier molecular flexibility index (Phi) is 3.13. The first-order valence-corrected chi connectivity index (χ1v) is 7.87. The summed E-state index contributed by atoms with van der Waals surface area (Å²) < 4.78 is 6.34. The van der Waals surface area contributed by atoms with E-state index < -0.39 is 0 Å². The van der Waals surface area contributed by atoms with Crippen molar-refractivity contribution in [3.63, 3.8) is 0 Å². The van der Waals surface area contributed by atoms with Gasteiger partial charge in [-0.15, -0.1) is 0 Å². The summed E-state index contributed by atoms with van der Waals surface area (Å²) in [6, 6.07) is 8.40. The first-order chi connectivity index (χ1) is 9.34. The van der Waals surface area contributed by atoms with Gasteiger partial charge in [0.1, 0.15) is 11.9 Å². The molecule has 20 heavy (non-hydrogen) atoms. The predicted molar refractivity (Wildman–Crippen MR) is 82.7 cm³/mol. The van der Waals surface area contributed by atoms with Crippen LogP contribution in [0.4, 0.5) is 0 Å². The molecule has 3 rings (SSSR count). The minimum Gasteiger partial charge on any atom is -0.490 e. The van der Waals surface area contributed by atoms with E-state index in [0.29, 0.717) is 16.9 Å². The molecule has 2 aliphatic carbocycles. The largest absolute Gasteiger partial charge is 0.490 e. The lowest BCUT2D eigenvalue weighted by molar-refractivity contribution is 0.0301. The molecule has 0 amide bonds. The Labute approximate surface area is 122 Å². The summed E-state index contributed by atoms with van der Waals surface area (Å²) in [7, 11) is 0. The Balaban J connectivity index is 1.76. The third-order valence-electron chi connectivity index (χ3n) is 6.40. The SMILES string of the molecule is CC(N)c1ccc(OC2CC3CCC2(C)C3(C)C)cc1. The minimum atomic E-state index is 0.0861. The van der Waals surface area contributed by atoms with E-state index in [1.54, 1.807) is 0 Å². The van der Waals surface area contributed by atoms with Crippen LogP contribution < -0.4 is 10.5 Å². The second-order valence-electron chi connectivity index (χ2n) is 7.57. The summed E-state index contributed by atoms with van der Waals surface area (Å²) in [4.78, 5) is 0. The molecular weight excluding hydrogens is 246 g/mol. The molecule has 2 saturated carbocycles. The summed E-state index contributed by atoms with van der Waals surface area (Å²) in [5, 5.41) is 0. The molecule has 0 heterocycles. The summed E-state index contributed by atoms with van der Waals surface area (Å²) in [6.07, 6.45) is 4.23. The van der Waals surface area contributed by atoms with E-state index in [-0.39, 0.29) is 6.04 Å². The van der Waals surface area contributed by atoms with Crippen molar-refractivity contribution < 1.29 is 4.74 Å². The number of fused-ring (bicyclic) bond motifs is 2. The second kappa shape index (κ2) is 4.49. The molecule has 2 N–H and O–H groups in total. The van der Waals surface area contributed by atoms with Crippen LogP contribution in [0.15, 0.2) is 24.3 Å². The molecule has 4 unspecified atom stereocenters. The lowest BCUT2D eigenvalue weighted by Crippen LogP contribution is -2.38. The van der Waals surface area contributed by atoms with Crippen LogP contribution in [-0.4, -0.2) is 6.10 Å². The van der Waals surface area contributed by atoms with E-state index in [1.807, 2.05) is 6.92 Å². The zero-order valence-corrected chi connectivity index (χ0v) is 13.1. The van der Waals surface area contributed by atoms with E-state index in [2.05, 4.69) is 45.0 Å². The summed E-state index contributed by atoms with van der Waals surface area (Å²) in [6.45, 7) is 9.27. The van der Waals surface area contributed by atoms with Crippen LogP contribution in [0.1, 0.15) is 58.6 Å². The number of nitrogens with two attached hydrogens (primary N) is 1. The van der Waals surface area contributed by atoms with Crippen molar-refractivity contribution in [2.75, 3.05) is 0 Å². The highest BCUT2D eigenvalue weighted by Gasteiger charge is 2.62. The number of benzene rings is 1. The van der Waals surface area contributed by atoms with E-state index in [4.69, 9.17) is 10.5 Å². The molecule has 0 spiro atoms. The van der Waals surface area contributed by atoms with Gasteiger partial charge in [0, 0.05) is 11.5 Å². The van der Waals surface area contributed by atoms with Crippen LogP contribution in [0, 0.1) is 16.7 Å². The maximum Gasteiger partial charge on any atom is 0.119 e. The van der Waals surface area contributed by atoms with Gasteiger partial charge in [-0.2, -0.15) is 0 Å². The zero-order valence-electron chi connectivity index (χ0n) is 13.1. The Morgan fingerprint density at radius 2 is 1.85 bits per heavy atom. The Bertz CT molecular complexity index is 491. The lowest BCUT2D eigenvalue weighted by atomic mass is 9.70. The van der Waals surface area contributed by atoms with Crippen LogP contribution in [0.3, 0.4) is 0 Å². The Morgan fingerprint density at radius 3 is 2.30 bits per heavy atom. The molecule has 1 aromatic rings. The summed E-state index contributed by atoms with van der Waals surface area (Å²) in [5.74, 6) is 1.81. The number of hydrogen-bond acceptors (Lipinski definition) is 2. The molecule has 110 valence electrons. The molecule has 1 aromatic carbocycles. The Morgan fingerprint density at radius 1 is 1.20 bits per heavy atom. The molecule has 0 aromatic heterocycles. The van der Waals surface area contributed by atoms with Gasteiger partial charge in [-0.1, -0.05) is 32.9 Å². The fraction of sp³-hybridized carbons (Fsp3) is 0.667. The fourth-order valence-electron chi connectivity index (χ4n) is 4.32. The van der Waals surface area contributed by atoms with Crippen LogP contribution in [0.5, 0.6) is 5.75 Å². The third-order valence-corrected chi connectivity index (χ3v) is 6.40. The van der Waals surface area contributed by atoms with Gasteiger partial charge in [0.25, 0.3) is 0 Å². The number of hydrogen-bond donors (Lipinski definition) is 1. The van der Waals surface area contributed by atoms with Gasteiger partial charge < -0.3 is 10.5 Å². The minimum absolute atomic E-state index is 0.0861. The Hall–Kier alpha value is -1.02. The van der Waals surface area contributed by atoms with E-state index in [1.165, 1.54) is 19.3 Å². The zero-order chi connectivity index (χ0) is 14.5. The molecular formula is C18H27NO. The van der Waals surface area contributed by atoms with Gasteiger partial charge in [0.2, 0.25) is 0 Å². The normalized spacial score (nSPS) is 36.0. The smallest absolute Gasteiger partial charge is 0.119 e. The third kappa shape index (κ3) is 1.88. The summed E-state index contributed by atoms with van der Waals surface area (Å²) in [5.41, 5.74) is 7.78. The van der Waals surface area contributed by atoms with Crippen molar-refractivity contribution in [3.8, 4) is 5.75 Å². The average Bonchev–Trinajstić information content (AvgIpc) is 2.72. The predicted octanol–water partition coefficient (Wildman–Crippen LogP) is 4.30. The van der Waals surface area contributed by atoms with Gasteiger partial charge in [0.15, 0.2) is 0 Å². The molecule has 0 saturated heterocycles. The van der Waals surface area contributed by atoms with Crippen molar-refractivity contribution in [2.45, 2.75) is 59.1 Å². The number of ether oxygens (including phenoxy) is 1. The van der Waals surface area contributed by atoms with Crippen molar-refractivity contribution in [1.29, 1.82) is 0 Å². The number of rotatable bonds is 3. The van der Waals surface area contributed by atoms with E-state index in [0.717, 1.165) is 17.2 Å². The van der Waals surface area contributed by atoms with Gasteiger partial charge in [-0.3, -0.25) is 0 Å². The van der Waals surface area contributed by atoms with Crippen LogP contribution >= 0.6 is 0 Å². The fourth-order valence-corrected chi connectivity index (χ4v) is 4.32. The van der Waals surface area contributed by atoms with E-state index in [9.17, 15) is 0 Å². The molecule has 0 aliphatic heterocycles. The van der Waals surface area contributed by atoms with Gasteiger partial charge >= 0.3 is 0 Å². The van der Waals surface area contributed by atoms with Gasteiger partial charge in [0.05, 0.1) is 0 Å². The van der Waals surface area contributed by atoms with Gasteiger partial charge in [-0.25, -0.2) is 0 Å². The highest BCUT2D eigenvalue weighted by Crippen LogP contribution is 2.66. The molecule has 2 fully saturated rings. The van der Waals surface area contributed by atoms with Crippen molar-refractivity contribution in [1.82, 2.24) is 0 Å². The average molecular weight is 273 g/mol. The van der Waals surface area contributed by atoms with Crippen LogP contribution in [0.2, 0.25) is 0 Å². The van der Waals surface area contributed by atoms with Crippen LogP contribution in [-0.2, 0) is 0 Å². The molecule has 2 heteroatoms. The second-order valence-corrected chi connectivity index (χ2v) is 7.57.